The molecule has 0 amide bonds. The number of hydrogen-bond donors (Lipinski definition) is 1. The van der Waals surface area contributed by atoms with Crippen LogP contribution in [0, 0.1) is 6.92 Å². The predicted molar refractivity (Wildman–Crippen MR) is 70.5 cm³/mol. The molecule has 0 fully saturated rings. The number of para-hydroxylation sites is 1. The van der Waals surface area contributed by atoms with Crippen molar-refractivity contribution in [1.82, 2.24) is 9.78 Å². The van der Waals surface area contributed by atoms with Crippen molar-refractivity contribution in [2.75, 3.05) is 6.61 Å². The van der Waals surface area contributed by atoms with Gasteiger partial charge in [0.05, 0.1) is 6.61 Å². The van der Waals surface area contributed by atoms with Crippen LogP contribution >= 0.6 is 0 Å². The third-order valence-corrected chi connectivity index (χ3v) is 2.91. The summed E-state index contributed by atoms with van der Waals surface area (Å²) in [5.74, 6) is -0.162. The zero-order valence-corrected chi connectivity index (χ0v) is 11.0. The van der Waals surface area contributed by atoms with Crippen LogP contribution in [0.3, 0.4) is 0 Å². The normalized spacial score (nSPS) is 10.4. The Bertz CT molecular complexity index is 590. The fraction of sp³-hybridized carbons (Fsp3) is 0.286. The summed E-state index contributed by atoms with van der Waals surface area (Å²) >= 11 is 0. The molecule has 1 heterocycles. The lowest BCUT2D eigenvalue weighted by molar-refractivity contribution is 0.0689. The fourth-order valence-electron chi connectivity index (χ4n) is 1.83. The Morgan fingerprint density at radius 3 is 2.79 bits per heavy atom. The number of aromatic carboxylic acids is 1. The smallest absolute Gasteiger partial charge is 0.356 e. The van der Waals surface area contributed by atoms with E-state index in [0.29, 0.717) is 13.0 Å². The molecule has 0 bridgehead atoms. The highest BCUT2D eigenvalue weighted by molar-refractivity contribution is 5.85. The molecule has 0 radical (unpaired) electrons. The summed E-state index contributed by atoms with van der Waals surface area (Å²) in [6.07, 6.45) is 0.616. The molecule has 2 rings (SSSR count). The molecule has 0 aliphatic carbocycles. The highest BCUT2D eigenvalue weighted by Gasteiger charge is 2.11. The molecule has 5 heteroatoms. The molecule has 0 saturated carbocycles. The van der Waals surface area contributed by atoms with Gasteiger partial charge in [-0.2, -0.15) is 5.10 Å². The predicted octanol–water partition coefficient (Wildman–Crippen LogP) is 2.05. The van der Waals surface area contributed by atoms with Crippen LogP contribution in [0.4, 0.5) is 0 Å². The average molecular weight is 260 g/mol. The van der Waals surface area contributed by atoms with Crippen molar-refractivity contribution >= 4 is 5.97 Å². The van der Waals surface area contributed by atoms with Gasteiger partial charge in [-0.3, -0.25) is 4.68 Å². The number of benzene rings is 1. The number of aryl methyl sites for hydroxylation is 2. The first kappa shape index (κ1) is 13.1. The second-order valence-electron chi connectivity index (χ2n) is 4.31. The Morgan fingerprint density at radius 1 is 1.42 bits per heavy atom. The number of nitrogens with zero attached hydrogens (tertiary/aromatic N) is 2. The summed E-state index contributed by atoms with van der Waals surface area (Å²) in [6, 6.07) is 9.37. The largest absolute Gasteiger partial charge is 0.493 e. The van der Waals surface area contributed by atoms with Gasteiger partial charge in [0.2, 0.25) is 0 Å². The van der Waals surface area contributed by atoms with Crippen LogP contribution in [-0.4, -0.2) is 27.5 Å². The number of carbonyl (C=O) groups is 1. The molecule has 0 spiro atoms. The zero-order chi connectivity index (χ0) is 13.8. The van der Waals surface area contributed by atoms with E-state index in [9.17, 15) is 4.79 Å². The van der Waals surface area contributed by atoms with E-state index in [1.165, 1.54) is 0 Å². The summed E-state index contributed by atoms with van der Waals surface area (Å²) in [5, 5.41) is 12.8. The molecule has 100 valence electrons. The highest BCUT2D eigenvalue weighted by Crippen LogP contribution is 2.16. The second kappa shape index (κ2) is 5.56. The summed E-state index contributed by atoms with van der Waals surface area (Å²) in [6.45, 7) is 2.48. The highest BCUT2D eigenvalue weighted by atomic mass is 16.5. The van der Waals surface area contributed by atoms with Gasteiger partial charge in [0.1, 0.15) is 5.75 Å². The van der Waals surface area contributed by atoms with Crippen molar-refractivity contribution in [1.29, 1.82) is 0 Å². The quantitative estimate of drug-likeness (QED) is 0.893. The molecule has 0 atom stereocenters. The molecule has 1 aromatic heterocycles. The first-order chi connectivity index (χ1) is 9.08. The van der Waals surface area contributed by atoms with E-state index in [2.05, 4.69) is 5.10 Å². The standard InChI is InChI=1S/C14H16N2O3/c1-10-5-3-4-6-13(10)19-8-7-11-9-12(14(17)18)15-16(11)2/h3-6,9H,7-8H2,1-2H3,(H,17,18). The lowest BCUT2D eigenvalue weighted by atomic mass is 10.2. The third kappa shape index (κ3) is 3.13. The Morgan fingerprint density at radius 2 is 2.16 bits per heavy atom. The first-order valence-electron chi connectivity index (χ1n) is 6.02. The van der Waals surface area contributed by atoms with Gasteiger partial charge < -0.3 is 9.84 Å². The summed E-state index contributed by atoms with van der Waals surface area (Å²) < 4.78 is 7.25. The SMILES string of the molecule is Cc1ccccc1OCCc1cc(C(=O)O)nn1C. The number of carboxylic acids is 1. The Kier molecular flexibility index (Phi) is 3.85. The number of ether oxygens (including phenoxy) is 1. The molecule has 19 heavy (non-hydrogen) atoms. The molecular formula is C14H16N2O3. The van der Waals surface area contributed by atoms with Crippen LogP contribution in [0.2, 0.25) is 0 Å². The summed E-state index contributed by atoms with van der Waals surface area (Å²) in [5.41, 5.74) is 1.98. The number of rotatable bonds is 5. The maximum Gasteiger partial charge on any atom is 0.356 e. The van der Waals surface area contributed by atoms with Crippen LogP contribution < -0.4 is 4.74 Å². The van der Waals surface area contributed by atoms with Crippen LogP contribution in [0.1, 0.15) is 21.7 Å². The minimum Gasteiger partial charge on any atom is -0.493 e. The second-order valence-corrected chi connectivity index (χ2v) is 4.31. The molecular weight excluding hydrogens is 244 g/mol. The van der Waals surface area contributed by atoms with Gasteiger partial charge in [0.25, 0.3) is 0 Å². The van der Waals surface area contributed by atoms with Gasteiger partial charge in [-0.25, -0.2) is 4.79 Å². The van der Waals surface area contributed by atoms with Crippen LogP contribution in [0.15, 0.2) is 30.3 Å². The topological polar surface area (TPSA) is 64.3 Å². The molecule has 1 N–H and O–H groups in total. The average Bonchev–Trinajstić information content (AvgIpc) is 2.74. The van der Waals surface area contributed by atoms with Gasteiger partial charge >= 0.3 is 5.97 Å². The molecule has 0 unspecified atom stereocenters. The van der Waals surface area contributed by atoms with Crippen molar-refractivity contribution in [3.05, 3.63) is 47.3 Å². The van der Waals surface area contributed by atoms with Gasteiger partial charge in [-0.15, -0.1) is 0 Å². The van der Waals surface area contributed by atoms with E-state index in [0.717, 1.165) is 17.0 Å². The Hall–Kier alpha value is -2.30. The van der Waals surface area contributed by atoms with E-state index < -0.39 is 5.97 Å². The van der Waals surface area contributed by atoms with Crippen LogP contribution in [-0.2, 0) is 13.5 Å². The Labute approximate surface area is 111 Å². The lowest BCUT2D eigenvalue weighted by Gasteiger charge is -2.08. The van der Waals surface area contributed by atoms with Crippen LogP contribution in [0.25, 0.3) is 0 Å². The molecule has 2 aromatic rings. The van der Waals surface area contributed by atoms with Gasteiger partial charge in [-0.1, -0.05) is 18.2 Å². The zero-order valence-electron chi connectivity index (χ0n) is 11.0. The first-order valence-corrected chi connectivity index (χ1v) is 6.02. The van der Waals surface area contributed by atoms with Crippen molar-refractivity contribution in [3.63, 3.8) is 0 Å². The van der Waals surface area contributed by atoms with E-state index in [4.69, 9.17) is 9.84 Å². The van der Waals surface area contributed by atoms with E-state index in [1.807, 2.05) is 31.2 Å². The molecule has 0 aliphatic rings. The minimum atomic E-state index is -1.01. The number of aromatic nitrogens is 2. The number of carboxylic acid groups (broad SMARTS) is 1. The van der Waals surface area contributed by atoms with Gasteiger partial charge in [-0.05, 0) is 24.6 Å². The minimum absolute atomic E-state index is 0.0633. The maximum atomic E-state index is 10.8. The maximum absolute atomic E-state index is 10.8. The van der Waals surface area contributed by atoms with Crippen molar-refractivity contribution in [2.45, 2.75) is 13.3 Å². The molecule has 5 nitrogen and oxygen atoms in total. The molecule has 0 aliphatic heterocycles. The van der Waals surface area contributed by atoms with Crippen LogP contribution in [0.5, 0.6) is 5.75 Å². The number of hydrogen-bond acceptors (Lipinski definition) is 3. The van der Waals surface area contributed by atoms with Crippen molar-refractivity contribution in [2.24, 2.45) is 7.05 Å². The van der Waals surface area contributed by atoms with Gasteiger partial charge in [0, 0.05) is 19.2 Å². The fourth-order valence-corrected chi connectivity index (χ4v) is 1.83. The third-order valence-electron chi connectivity index (χ3n) is 2.91. The lowest BCUT2D eigenvalue weighted by Crippen LogP contribution is -2.06. The van der Waals surface area contributed by atoms with E-state index in [-0.39, 0.29) is 5.69 Å². The molecule has 1 aromatic carbocycles. The van der Waals surface area contributed by atoms with Gasteiger partial charge in [0.15, 0.2) is 5.69 Å². The molecule has 0 saturated heterocycles. The Balaban J connectivity index is 1.96. The summed E-state index contributed by atoms with van der Waals surface area (Å²) in [7, 11) is 1.73. The van der Waals surface area contributed by atoms with Crippen molar-refractivity contribution < 1.29 is 14.6 Å². The van der Waals surface area contributed by atoms with E-state index >= 15 is 0 Å². The monoisotopic (exact) mass is 260 g/mol. The summed E-state index contributed by atoms with van der Waals surface area (Å²) in [4.78, 5) is 10.8. The van der Waals surface area contributed by atoms with Crippen molar-refractivity contribution in [3.8, 4) is 5.75 Å². The van der Waals surface area contributed by atoms with E-state index in [1.54, 1.807) is 17.8 Å².